The van der Waals surface area contributed by atoms with Crippen LogP contribution in [0.5, 0.6) is 11.5 Å². The standard InChI is InChI=1S/C13H21NO3/c1-13(2,17-5)12(14)10-7-6-9(15-3)8-11(10)16-4/h6-8,12H,14H2,1-5H3. The first-order valence-corrected chi connectivity index (χ1v) is 5.49. The van der Waals surface area contributed by atoms with Gasteiger partial charge in [0.2, 0.25) is 0 Å². The second-order valence-electron chi connectivity index (χ2n) is 4.39. The van der Waals surface area contributed by atoms with E-state index in [0.717, 1.165) is 11.3 Å². The van der Waals surface area contributed by atoms with Crippen LogP contribution in [0.3, 0.4) is 0 Å². The fraction of sp³-hybridized carbons (Fsp3) is 0.538. The third kappa shape index (κ3) is 2.90. The van der Waals surface area contributed by atoms with Crippen LogP contribution in [0.1, 0.15) is 25.5 Å². The molecular formula is C13H21NO3. The van der Waals surface area contributed by atoms with Gasteiger partial charge in [0.25, 0.3) is 0 Å². The van der Waals surface area contributed by atoms with Gasteiger partial charge in [-0.05, 0) is 26.0 Å². The van der Waals surface area contributed by atoms with Gasteiger partial charge in [0.1, 0.15) is 11.5 Å². The smallest absolute Gasteiger partial charge is 0.127 e. The molecule has 96 valence electrons. The van der Waals surface area contributed by atoms with E-state index in [2.05, 4.69) is 0 Å². The number of benzene rings is 1. The molecule has 2 N–H and O–H groups in total. The number of hydrogen-bond acceptors (Lipinski definition) is 4. The lowest BCUT2D eigenvalue weighted by atomic mass is 9.92. The van der Waals surface area contributed by atoms with Gasteiger partial charge in [-0.1, -0.05) is 0 Å². The summed E-state index contributed by atoms with van der Waals surface area (Å²) in [6.45, 7) is 3.89. The minimum atomic E-state index is -0.456. The normalized spacial score (nSPS) is 13.3. The molecule has 0 saturated carbocycles. The van der Waals surface area contributed by atoms with Gasteiger partial charge in [-0.2, -0.15) is 0 Å². The molecule has 1 aromatic carbocycles. The van der Waals surface area contributed by atoms with Gasteiger partial charge in [-0.3, -0.25) is 0 Å². The highest BCUT2D eigenvalue weighted by Gasteiger charge is 2.29. The number of methoxy groups -OCH3 is 3. The molecule has 0 spiro atoms. The molecule has 0 aliphatic heterocycles. The summed E-state index contributed by atoms with van der Waals surface area (Å²) < 4.78 is 15.9. The average molecular weight is 239 g/mol. The second kappa shape index (κ2) is 5.38. The summed E-state index contributed by atoms with van der Waals surface area (Å²) in [5.74, 6) is 1.45. The highest BCUT2D eigenvalue weighted by molar-refractivity contribution is 5.43. The zero-order valence-corrected chi connectivity index (χ0v) is 11.1. The number of nitrogens with two attached hydrogens (primary N) is 1. The minimum Gasteiger partial charge on any atom is -0.497 e. The first kappa shape index (κ1) is 13.8. The fourth-order valence-electron chi connectivity index (χ4n) is 1.58. The molecule has 4 heteroatoms. The van der Waals surface area contributed by atoms with Crippen LogP contribution in [0, 0.1) is 0 Å². The van der Waals surface area contributed by atoms with Crippen molar-refractivity contribution in [2.75, 3.05) is 21.3 Å². The van der Waals surface area contributed by atoms with E-state index < -0.39 is 5.60 Å². The summed E-state index contributed by atoms with van der Waals surface area (Å²) in [7, 11) is 4.88. The molecule has 0 amide bonds. The van der Waals surface area contributed by atoms with Crippen LogP contribution in [0.4, 0.5) is 0 Å². The highest BCUT2D eigenvalue weighted by atomic mass is 16.5. The van der Waals surface area contributed by atoms with Crippen molar-refractivity contribution in [2.45, 2.75) is 25.5 Å². The van der Waals surface area contributed by atoms with Gasteiger partial charge in [-0.25, -0.2) is 0 Å². The third-order valence-electron chi connectivity index (χ3n) is 3.05. The molecule has 4 nitrogen and oxygen atoms in total. The van der Waals surface area contributed by atoms with Crippen molar-refractivity contribution >= 4 is 0 Å². The van der Waals surface area contributed by atoms with Gasteiger partial charge in [0, 0.05) is 18.7 Å². The SMILES string of the molecule is COc1ccc(C(N)C(C)(C)OC)c(OC)c1. The summed E-state index contributed by atoms with van der Waals surface area (Å²) in [6, 6.07) is 5.32. The Morgan fingerprint density at radius 2 is 1.76 bits per heavy atom. The minimum absolute atomic E-state index is 0.270. The first-order chi connectivity index (χ1) is 7.96. The van der Waals surface area contributed by atoms with Gasteiger partial charge >= 0.3 is 0 Å². The van der Waals surface area contributed by atoms with Gasteiger partial charge in [-0.15, -0.1) is 0 Å². The highest BCUT2D eigenvalue weighted by Crippen LogP contribution is 2.34. The lowest BCUT2D eigenvalue weighted by Crippen LogP contribution is -2.37. The van der Waals surface area contributed by atoms with Crippen LogP contribution in [-0.4, -0.2) is 26.9 Å². The zero-order chi connectivity index (χ0) is 13.1. The molecule has 1 aromatic rings. The first-order valence-electron chi connectivity index (χ1n) is 5.49. The maximum Gasteiger partial charge on any atom is 0.127 e. The Bertz CT molecular complexity index is 377. The van der Waals surface area contributed by atoms with E-state index in [1.165, 1.54) is 0 Å². The predicted octanol–water partition coefficient (Wildman–Crippen LogP) is 2.13. The Hall–Kier alpha value is -1.26. The van der Waals surface area contributed by atoms with Crippen molar-refractivity contribution < 1.29 is 14.2 Å². The number of hydrogen-bond donors (Lipinski definition) is 1. The Morgan fingerprint density at radius 3 is 2.24 bits per heavy atom. The van der Waals surface area contributed by atoms with Crippen LogP contribution < -0.4 is 15.2 Å². The number of ether oxygens (including phenoxy) is 3. The van der Waals surface area contributed by atoms with E-state index in [-0.39, 0.29) is 6.04 Å². The van der Waals surface area contributed by atoms with E-state index in [4.69, 9.17) is 19.9 Å². The largest absolute Gasteiger partial charge is 0.497 e. The summed E-state index contributed by atoms with van der Waals surface area (Å²) in [5.41, 5.74) is 6.65. The van der Waals surface area contributed by atoms with Crippen LogP contribution in [-0.2, 0) is 4.74 Å². The monoisotopic (exact) mass is 239 g/mol. The molecule has 0 aromatic heterocycles. The second-order valence-corrected chi connectivity index (χ2v) is 4.39. The average Bonchev–Trinajstić information content (AvgIpc) is 2.36. The van der Waals surface area contributed by atoms with Gasteiger partial charge in [0.05, 0.1) is 25.9 Å². The van der Waals surface area contributed by atoms with E-state index in [0.29, 0.717) is 5.75 Å². The Balaban J connectivity index is 3.13. The molecular weight excluding hydrogens is 218 g/mol. The topological polar surface area (TPSA) is 53.7 Å². The quantitative estimate of drug-likeness (QED) is 0.855. The van der Waals surface area contributed by atoms with Crippen LogP contribution in [0.15, 0.2) is 18.2 Å². The van der Waals surface area contributed by atoms with E-state index >= 15 is 0 Å². The van der Waals surface area contributed by atoms with Crippen molar-refractivity contribution in [3.8, 4) is 11.5 Å². The fourth-order valence-corrected chi connectivity index (χ4v) is 1.58. The van der Waals surface area contributed by atoms with Crippen molar-refractivity contribution in [3.05, 3.63) is 23.8 Å². The van der Waals surface area contributed by atoms with E-state index in [1.807, 2.05) is 32.0 Å². The molecule has 0 radical (unpaired) electrons. The number of rotatable bonds is 5. The molecule has 1 unspecified atom stereocenters. The Morgan fingerprint density at radius 1 is 1.12 bits per heavy atom. The summed E-state index contributed by atoms with van der Waals surface area (Å²) in [4.78, 5) is 0. The molecule has 0 aliphatic carbocycles. The van der Waals surface area contributed by atoms with Crippen molar-refractivity contribution in [1.29, 1.82) is 0 Å². The maximum atomic E-state index is 6.21. The van der Waals surface area contributed by atoms with E-state index in [9.17, 15) is 0 Å². The molecule has 0 bridgehead atoms. The van der Waals surface area contributed by atoms with Gasteiger partial charge < -0.3 is 19.9 Å². The molecule has 17 heavy (non-hydrogen) atoms. The van der Waals surface area contributed by atoms with Crippen LogP contribution >= 0.6 is 0 Å². The predicted molar refractivity (Wildman–Crippen MR) is 67.6 cm³/mol. The summed E-state index contributed by atoms with van der Waals surface area (Å²) >= 11 is 0. The molecule has 1 rings (SSSR count). The van der Waals surface area contributed by atoms with E-state index in [1.54, 1.807) is 21.3 Å². The lowest BCUT2D eigenvalue weighted by molar-refractivity contribution is -0.000592. The van der Waals surface area contributed by atoms with Crippen LogP contribution in [0.2, 0.25) is 0 Å². The maximum absolute atomic E-state index is 6.21. The molecule has 0 fully saturated rings. The lowest BCUT2D eigenvalue weighted by Gasteiger charge is -2.31. The molecule has 1 atom stereocenters. The Labute approximate surface area is 103 Å². The summed E-state index contributed by atoms with van der Waals surface area (Å²) in [5, 5.41) is 0. The van der Waals surface area contributed by atoms with Crippen molar-refractivity contribution in [1.82, 2.24) is 0 Å². The van der Waals surface area contributed by atoms with Crippen LogP contribution in [0.25, 0.3) is 0 Å². The molecule has 0 saturated heterocycles. The summed E-state index contributed by atoms with van der Waals surface area (Å²) in [6.07, 6.45) is 0. The Kier molecular flexibility index (Phi) is 4.37. The van der Waals surface area contributed by atoms with Crippen molar-refractivity contribution in [2.24, 2.45) is 5.73 Å². The third-order valence-corrected chi connectivity index (χ3v) is 3.05. The van der Waals surface area contributed by atoms with Gasteiger partial charge in [0.15, 0.2) is 0 Å². The van der Waals surface area contributed by atoms with Crippen molar-refractivity contribution in [3.63, 3.8) is 0 Å². The molecule has 0 aliphatic rings. The molecule has 0 heterocycles. The zero-order valence-electron chi connectivity index (χ0n) is 11.1.